The maximum absolute atomic E-state index is 12.9. The SMILES string of the molecule is C/C(=N/NC(=O)[C@@H]1C[C@H]1c1ccccc1)c1ccc(F)cc1. The highest BCUT2D eigenvalue weighted by Crippen LogP contribution is 2.47. The van der Waals surface area contributed by atoms with Crippen molar-refractivity contribution in [1.82, 2.24) is 5.43 Å². The molecule has 2 atom stereocenters. The third-order valence-electron chi connectivity index (χ3n) is 3.95. The Morgan fingerprint density at radius 1 is 1.14 bits per heavy atom. The summed E-state index contributed by atoms with van der Waals surface area (Å²) >= 11 is 0. The second-order valence-electron chi connectivity index (χ2n) is 5.54. The summed E-state index contributed by atoms with van der Waals surface area (Å²) in [5, 5.41) is 4.11. The van der Waals surface area contributed by atoms with Crippen LogP contribution in [0.5, 0.6) is 0 Å². The van der Waals surface area contributed by atoms with Crippen LogP contribution in [0.2, 0.25) is 0 Å². The van der Waals surface area contributed by atoms with E-state index >= 15 is 0 Å². The summed E-state index contributed by atoms with van der Waals surface area (Å²) in [7, 11) is 0. The number of nitrogens with one attached hydrogen (secondary N) is 1. The van der Waals surface area contributed by atoms with Gasteiger partial charge in [0.1, 0.15) is 5.82 Å². The molecule has 3 nitrogen and oxygen atoms in total. The number of benzene rings is 2. The van der Waals surface area contributed by atoms with Crippen LogP contribution in [-0.2, 0) is 4.79 Å². The lowest BCUT2D eigenvalue weighted by Gasteiger charge is -2.03. The lowest BCUT2D eigenvalue weighted by atomic mass is 10.1. The minimum Gasteiger partial charge on any atom is -0.273 e. The monoisotopic (exact) mass is 296 g/mol. The first-order chi connectivity index (χ1) is 10.6. The predicted molar refractivity (Wildman–Crippen MR) is 84.0 cm³/mol. The van der Waals surface area contributed by atoms with Gasteiger partial charge in [0, 0.05) is 5.92 Å². The Balaban J connectivity index is 1.59. The molecule has 0 spiro atoms. The number of hydrogen-bond acceptors (Lipinski definition) is 2. The van der Waals surface area contributed by atoms with E-state index in [1.165, 1.54) is 17.7 Å². The fourth-order valence-corrected chi connectivity index (χ4v) is 2.53. The topological polar surface area (TPSA) is 41.5 Å². The largest absolute Gasteiger partial charge is 0.273 e. The lowest BCUT2D eigenvalue weighted by molar-refractivity contribution is -0.122. The molecule has 1 fully saturated rings. The predicted octanol–water partition coefficient (Wildman–Crippen LogP) is 3.47. The van der Waals surface area contributed by atoms with Gasteiger partial charge in [0.15, 0.2) is 0 Å². The molecule has 1 N–H and O–H groups in total. The third kappa shape index (κ3) is 3.22. The summed E-state index contributed by atoms with van der Waals surface area (Å²) in [6, 6.07) is 16.1. The maximum atomic E-state index is 12.9. The molecule has 1 aliphatic carbocycles. The summed E-state index contributed by atoms with van der Waals surface area (Å²) in [4.78, 5) is 12.1. The van der Waals surface area contributed by atoms with Crippen molar-refractivity contribution >= 4 is 11.6 Å². The van der Waals surface area contributed by atoms with Crippen LogP contribution in [0, 0.1) is 11.7 Å². The van der Waals surface area contributed by atoms with E-state index in [1.807, 2.05) is 30.3 Å². The first-order valence-electron chi connectivity index (χ1n) is 7.30. The molecule has 0 unspecified atom stereocenters. The molecule has 112 valence electrons. The zero-order chi connectivity index (χ0) is 15.5. The van der Waals surface area contributed by atoms with Crippen molar-refractivity contribution in [2.75, 3.05) is 0 Å². The van der Waals surface area contributed by atoms with Gasteiger partial charge in [-0.05, 0) is 42.5 Å². The first kappa shape index (κ1) is 14.4. The van der Waals surface area contributed by atoms with E-state index in [4.69, 9.17) is 0 Å². The quantitative estimate of drug-likeness (QED) is 0.681. The highest BCUT2D eigenvalue weighted by atomic mass is 19.1. The van der Waals surface area contributed by atoms with Gasteiger partial charge >= 0.3 is 0 Å². The fraction of sp³-hybridized carbons (Fsp3) is 0.222. The third-order valence-corrected chi connectivity index (χ3v) is 3.95. The Morgan fingerprint density at radius 2 is 1.82 bits per heavy atom. The van der Waals surface area contributed by atoms with Crippen molar-refractivity contribution in [3.05, 3.63) is 71.5 Å². The molecule has 2 aromatic rings. The Labute approximate surface area is 128 Å². The molecular weight excluding hydrogens is 279 g/mol. The molecule has 1 saturated carbocycles. The van der Waals surface area contributed by atoms with Gasteiger partial charge in [0.05, 0.1) is 5.71 Å². The molecule has 1 amide bonds. The lowest BCUT2D eigenvalue weighted by Crippen LogP contribution is -2.21. The summed E-state index contributed by atoms with van der Waals surface area (Å²) in [6.07, 6.45) is 0.862. The molecule has 1 aliphatic rings. The summed E-state index contributed by atoms with van der Waals surface area (Å²) < 4.78 is 12.9. The van der Waals surface area contributed by atoms with Crippen LogP contribution in [0.1, 0.15) is 30.4 Å². The van der Waals surface area contributed by atoms with E-state index < -0.39 is 0 Å². The standard InChI is InChI=1S/C18H17FN2O/c1-12(13-7-9-15(19)10-8-13)20-21-18(22)17-11-16(17)14-5-3-2-4-6-14/h2-10,16-17H,11H2,1H3,(H,21,22)/b20-12-/t16-,17+/m0/s1. The molecule has 3 rings (SSSR count). The number of carbonyl (C=O) groups excluding carboxylic acids is 1. The summed E-state index contributed by atoms with van der Waals surface area (Å²) in [5.41, 5.74) is 5.26. The summed E-state index contributed by atoms with van der Waals surface area (Å²) in [6.45, 7) is 1.79. The van der Waals surface area contributed by atoms with E-state index in [0.29, 0.717) is 11.6 Å². The van der Waals surface area contributed by atoms with Gasteiger partial charge in [-0.3, -0.25) is 4.79 Å². The van der Waals surface area contributed by atoms with Crippen molar-refractivity contribution in [2.45, 2.75) is 19.3 Å². The number of carbonyl (C=O) groups is 1. The van der Waals surface area contributed by atoms with Gasteiger partial charge in [-0.2, -0.15) is 5.10 Å². The molecule has 0 aromatic heterocycles. The summed E-state index contributed by atoms with van der Waals surface area (Å²) in [5.74, 6) is -0.0609. The Bertz CT molecular complexity index is 695. The van der Waals surface area contributed by atoms with Gasteiger partial charge in [0.2, 0.25) is 5.91 Å². The van der Waals surface area contributed by atoms with Crippen molar-refractivity contribution in [3.8, 4) is 0 Å². The molecule has 0 radical (unpaired) electrons. The Hall–Kier alpha value is -2.49. The number of halogens is 1. The maximum Gasteiger partial charge on any atom is 0.243 e. The fourth-order valence-electron chi connectivity index (χ4n) is 2.53. The first-order valence-corrected chi connectivity index (χ1v) is 7.30. The van der Waals surface area contributed by atoms with Crippen LogP contribution in [0.4, 0.5) is 4.39 Å². The average Bonchev–Trinajstić information content (AvgIpc) is 3.34. The zero-order valence-electron chi connectivity index (χ0n) is 12.3. The Kier molecular flexibility index (Phi) is 4.00. The minimum absolute atomic E-state index is 0.00725. The highest BCUT2D eigenvalue weighted by Gasteiger charge is 2.43. The second kappa shape index (κ2) is 6.10. The van der Waals surface area contributed by atoms with Crippen molar-refractivity contribution in [1.29, 1.82) is 0 Å². The second-order valence-corrected chi connectivity index (χ2v) is 5.54. The van der Waals surface area contributed by atoms with Crippen molar-refractivity contribution in [2.24, 2.45) is 11.0 Å². The Morgan fingerprint density at radius 3 is 2.50 bits per heavy atom. The van der Waals surface area contributed by atoms with Gasteiger partial charge in [-0.15, -0.1) is 0 Å². The number of amides is 1. The molecule has 22 heavy (non-hydrogen) atoms. The van der Waals surface area contributed by atoms with Gasteiger partial charge in [0.25, 0.3) is 0 Å². The van der Waals surface area contributed by atoms with Crippen LogP contribution >= 0.6 is 0 Å². The van der Waals surface area contributed by atoms with Crippen LogP contribution < -0.4 is 5.43 Å². The number of rotatable bonds is 4. The molecular formula is C18H17FN2O. The van der Waals surface area contributed by atoms with E-state index in [0.717, 1.165) is 12.0 Å². The van der Waals surface area contributed by atoms with E-state index in [9.17, 15) is 9.18 Å². The smallest absolute Gasteiger partial charge is 0.243 e. The molecule has 0 heterocycles. The van der Waals surface area contributed by atoms with Crippen LogP contribution in [0.3, 0.4) is 0 Å². The van der Waals surface area contributed by atoms with Gasteiger partial charge < -0.3 is 0 Å². The molecule has 2 aromatic carbocycles. The van der Waals surface area contributed by atoms with Gasteiger partial charge in [-0.25, -0.2) is 9.82 Å². The van der Waals surface area contributed by atoms with Crippen molar-refractivity contribution < 1.29 is 9.18 Å². The van der Waals surface area contributed by atoms with E-state index in [1.54, 1.807) is 19.1 Å². The number of hydrogen-bond donors (Lipinski definition) is 1. The van der Waals surface area contributed by atoms with Crippen LogP contribution in [-0.4, -0.2) is 11.6 Å². The number of nitrogens with zero attached hydrogens (tertiary/aromatic N) is 1. The highest BCUT2D eigenvalue weighted by molar-refractivity contribution is 5.99. The van der Waals surface area contributed by atoms with E-state index in [2.05, 4.69) is 10.5 Å². The van der Waals surface area contributed by atoms with E-state index in [-0.39, 0.29) is 17.6 Å². The normalized spacial score (nSPS) is 20.5. The molecule has 0 bridgehead atoms. The molecule has 0 aliphatic heterocycles. The number of hydrazone groups is 1. The van der Waals surface area contributed by atoms with Gasteiger partial charge in [-0.1, -0.05) is 42.5 Å². The van der Waals surface area contributed by atoms with Crippen LogP contribution in [0.15, 0.2) is 59.7 Å². The van der Waals surface area contributed by atoms with Crippen LogP contribution in [0.25, 0.3) is 0 Å². The minimum atomic E-state index is -0.288. The van der Waals surface area contributed by atoms with Crippen molar-refractivity contribution in [3.63, 3.8) is 0 Å². The molecule has 0 saturated heterocycles. The molecule has 4 heteroatoms. The zero-order valence-corrected chi connectivity index (χ0v) is 12.3. The average molecular weight is 296 g/mol.